The molecule has 2 aliphatic heterocycles. The highest BCUT2D eigenvalue weighted by Gasteiger charge is 2.25. The van der Waals surface area contributed by atoms with Crippen molar-refractivity contribution in [3.8, 4) is 0 Å². The zero-order chi connectivity index (χ0) is 19.8. The van der Waals surface area contributed by atoms with Gasteiger partial charge < -0.3 is 19.5 Å². The van der Waals surface area contributed by atoms with Crippen LogP contribution in [0.25, 0.3) is 0 Å². The molecule has 1 unspecified atom stereocenters. The Morgan fingerprint density at radius 2 is 1.90 bits per heavy atom. The minimum absolute atomic E-state index is 0. The topological polar surface area (TPSA) is 69.4 Å². The number of hydrogen-bond donors (Lipinski definition) is 1. The first-order chi connectivity index (χ1) is 13.7. The van der Waals surface area contributed by atoms with Gasteiger partial charge in [0.1, 0.15) is 6.26 Å². The third-order valence-electron chi connectivity index (χ3n) is 5.60. The Morgan fingerprint density at radius 1 is 1.17 bits per heavy atom. The third-order valence-corrected chi connectivity index (χ3v) is 5.60. The minimum atomic E-state index is 0. The number of guanidine groups is 1. The van der Waals surface area contributed by atoms with Crippen LogP contribution in [-0.4, -0.2) is 97.4 Å². The van der Waals surface area contributed by atoms with E-state index in [1.54, 1.807) is 6.26 Å². The van der Waals surface area contributed by atoms with Crippen molar-refractivity contribution < 1.29 is 9.26 Å². The summed E-state index contributed by atoms with van der Waals surface area (Å²) in [5, 5.41) is 7.52. The second-order valence-electron chi connectivity index (χ2n) is 7.91. The number of piperazine rings is 1. The van der Waals surface area contributed by atoms with Crippen molar-refractivity contribution >= 4 is 29.9 Å². The zero-order valence-corrected chi connectivity index (χ0v) is 20.4. The van der Waals surface area contributed by atoms with E-state index in [1.807, 2.05) is 6.07 Å². The maximum Gasteiger partial charge on any atom is 0.194 e. The molecule has 3 rings (SSSR count). The van der Waals surface area contributed by atoms with Crippen LogP contribution in [0.15, 0.2) is 21.8 Å². The molecule has 0 aromatic carbocycles. The summed E-state index contributed by atoms with van der Waals surface area (Å²) in [6.45, 7) is 17.0. The molecule has 0 spiro atoms. The second-order valence-corrected chi connectivity index (χ2v) is 7.91. The highest BCUT2D eigenvalue weighted by molar-refractivity contribution is 14.0. The zero-order valence-electron chi connectivity index (χ0n) is 18.0. The lowest BCUT2D eigenvalue weighted by atomic mass is 10.0. The molecule has 166 valence electrons. The van der Waals surface area contributed by atoms with Crippen LogP contribution in [0.5, 0.6) is 0 Å². The predicted octanol–water partition coefficient (Wildman–Crippen LogP) is 1.73. The molecule has 1 N–H and O–H groups in total. The molecule has 3 heterocycles. The van der Waals surface area contributed by atoms with Gasteiger partial charge in [-0.3, -0.25) is 14.8 Å². The van der Waals surface area contributed by atoms with Gasteiger partial charge in [-0.15, -0.1) is 24.0 Å². The maximum absolute atomic E-state index is 5.52. The summed E-state index contributed by atoms with van der Waals surface area (Å²) in [6, 6.07) is 2.40. The molecule has 9 heteroatoms. The number of ether oxygens (including phenoxy) is 1. The van der Waals surface area contributed by atoms with E-state index in [2.05, 4.69) is 45.9 Å². The van der Waals surface area contributed by atoms with Gasteiger partial charge in [0.2, 0.25) is 0 Å². The summed E-state index contributed by atoms with van der Waals surface area (Å²) in [6.07, 6.45) is 1.64. The first kappa shape index (κ1) is 24.4. The molecule has 1 aromatic heterocycles. The largest absolute Gasteiger partial charge is 0.379 e. The smallest absolute Gasteiger partial charge is 0.194 e. The molecule has 0 aliphatic carbocycles. The molecule has 2 fully saturated rings. The fraction of sp³-hybridized carbons (Fsp3) is 0.800. The Morgan fingerprint density at radius 3 is 2.48 bits per heavy atom. The van der Waals surface area contributed by atoms with E-state index < -0.39 is 0 Å². The predicted molar refractivity (Wildman–Crippen MR) is 126 cm³/mol. The number of aromatic nitrogens is 1. The molecule has 8 nitrogen and oxygen atoms in total. The summed E-state index contributed by atoms with van der Waals surface area (Å²) in [5.41, 5.74) is 0.999. The third kappa shape index (κ3) is 7.37. The Bertz CT molecular complexity index is 584. The second kappa shape index (κ2) is 12.7. The molecule has 1 aromatic rings. The molecule has 2 saturated heterocycles. The Labute approximate surface area is 192 Å². The fourth-order valence-corrected chi connectivity index (χ4v) is 3.93. The number of nitrogens with one attached hydrogen (secondary N) is 1. The van der Waals surface area contributed by atoms with Crippen LogP contribution in [0, 0.1) is 5.92 Å². The van der Waals surface area contributed by atoms with E-state index in [0.717, 1.165) is 83.8 Å². The summed E-state index contributed by atoms with van der Waals surface area (Å²) in [7, 11) is 0. The van der Waals surface area contributed by atoms with Crippen molar-refractivity contribution in [1.82, 2.24) is 25.2 Å². The molecule has 1 atom stereocenters. The van der Waals surface area contributed by atoms with Gasteiger partial charge in [-0.25, -0.2) is 0 Å². The highest BCUT2D eigenvalue weighted by atomic mass is 127. The van der Waals surface area contributed by atoms with Crippen molar-refractivity contribution in [2.45, 2.75) is 33.4 Å². The van der Waals surface area contributed by atoms with Crippen molar-refractivity contribution in [2.24, 2.45) is 10.9 Å². The van der Waals surface area contributed by atoms with Crippen LogP contribution < -0.4 is 5.32 Å². The SMILES string of the molecule is CCNC(=NCC(C(C)C)N1CCOCC1)N1CCN(Cc2ccon2)CC1.I. The van der Waals surface area contributed by atoms with E-state index in [9.17, 15) is 0 Å². The lowest BCUT2D eigenvalue weighted by Gasteiger charge is -2.38. The first-order valence-electron chi connectivity index (χ1n) is 10.6. The van der Waals surface area contributed by atoms with Crippen LogP contribution >= 0.6 is 24.0 Å². The van der Waals surface area contributed by atoms with Crippen molar-refractivity contribution in [1.29, 1.82) is 0 Å². The summed E-state index contributed by atoms with van der Waals surface area (Å²) >= 11 is 0. The lowest BCUT2D eigenvalue weighted by molar-refractivity contribution is 0.00860. The highest BCUT2D eigenvalue weighted by Crippen LogP contribution is 2.14. The van der Waals surface area contributed by atoms with Crippen LogP contribution in [-0.2, 0) is 11.3 Å². The quantitative estimate of drug-likeness (QED) is 0.334. The van der Waals surface area contributed by atoms with Gasteiger partial charge >= 0.3 is 0 Å². The monoisotopic (exact) mass is 520 g/mol. The molecule has 2 aliphatic rings. The number of morpholine rings is 1. The van der Waals surface area contributed by atoms with Gasteiger partial charge in [0.05, 0.1) is 25.5 Å². The van der Waals surface area contributed by atoms with Gasteiger partial charge in [-0.1, -0.05) is 19.0 Å². The van der Waals surface area contributed by atoms with Crippen LogP contribution in [0.4, 0.5) is 0 Å². The van der Waals surface area contributed by atoms with Crippen molar-refractivity contribution in [2.75, 3.05) is 65.6 Å². The Balaban J connectivity index is 0.00000300. The molecule has 0 amide bonds. The van der Waals surface area contributed by atoms with Crippen LogP contribution in [0.1, 0.15) is 26.5 Å². The van der Waals surface area contributed by atoms with Gasteiger partial charge in [-0.05, 0) is 12.8 Å². The normalized spacial score (nSPS) is 20.6. The van der Waals surface area contributed by atoms with Gasteiger partial charge in [-0.2, -0.15) is 0 Å². The first-order valence-corrected chi connectivity index (χ1v) is 10.6. The summed E-state index contributed by atoms with van der Waals surface area (Å²) in [4.78, 5) is 12.4. The van der Waals surface area contributed by atoms with Gasteiger partial charge in [0, 0.05) is 64.5 Å². The average molecular weight is 520 g/mol. The molecule has 0 bridgehead atoms. The molecular formula is C20H37IN6O2. The average Bonchev–Trinajstić information content (AvgIpc) is 3.22. The van der Waals surface area contributed by atoms with Crippen LogP contribution in [0.3, 0.4) is 0 Å². The number of nitrogens with zero attached hydrogens (tertiary/aromatic N) is 5. The summed E-state index contributed by atoms with van der Waals surface area (Å²) < 4.78 is 10.5. The molecular weight excluding hydrogens is 483 g/mol. The maximum atomic E-state index is 5.52. The molecule has 0 saturated carbocycles. The molecule has 29 heavy (non-hydrogen) atoms. The van der Waals surface area contributed by atoms with E-state index in [4.69, 9.17) is 14.3 Å². The number of aliphatic imine (C=N–C) groups is 1. The number of halogens is 1. The Kier molecular flexibility index (Phi) is 10.7. The summed E-state index contributed by atoms with van der Waals surface area (Å²) in [5.74, 6) is 1.62. The van der Waals surface area contributed by atoms with Crippen molar-refractivity contribution in [3.05, 3.63) is 18.0 Å². The van der Waals surface area contributed by atoms with Gasteiger partial charge in [0.25, 0.3) is 0 Å². The van der Waals surface area contributed by atoms with E-state index in [0.29, 0.717) is 12.0 Å². The van der Waals surface area contributed by atoms with Gasteiger partial charge in [0.15, 0.2) is 5.96 Å². The van der Waals surface area contributed by atoms with E-state index >= 15 is 0 Å². The Hall–Kier alpha value is -0.910. The number of hydrogen-bond acceptors (Lipinski definition) is 6. The van der Waals surface area contributed by atoms with Crippen LogP contribution in [0.2, 0.25) is 0 Å². The molecule has 0 radical (unpaired) electrons. The number of rotatable bonds is 7. The standard InChI is InChI=1S/C20H36N6O2.HI/c1-4-21-20(22-15-19(17(2)3)25-10-13-27-14-11-25)26-8-6-24(7-9-26)16-18-5-12-28-23-18;/h5,12,17,19H,4,6-11,13-16H2,1-3H3,(H,21,22);1H. The lowest BCUT2D eigenvalue weighted by Crippen LogP contribution is -2.53. The fourth-order valence-electron chi connectivity index (χ4n) is 3.93. The van der Waals surface area contributed by atoms with E-state index in [1.165, 1.54) is 0 Å². The van der Waals surface area contributed by atoms with Crippen molar-refractivity contribution in [3.63, 3.8) is 0 Å². The van der Waals surface area contributed by atoms with E-state index in [-0.39, 0.29) is 24.0 Å². The minimum Gasteiger partial charge on any atom is -0.379 e.